The maximum atomic E-state index is 6.07. The topological polar surface area (TPSA) is 52.8 Å². The second-order valence-electron chi connectivity index (χ2n) is 6.26. The molecule has 136 valence electrons. The molecule has 28 heavy (non-hydrogen) atoms. The lowest BCUT2D eigenvalue weighted by Crippen LogP contribution is -1.97. The van der Waals surface area contributed by atoms with Crippen LogP contribution >= 0.6 is 11.3 Å². The van der Waals surface area contributed by atoms with E-state index in [0.717, 1.165) is 37.9 Å². The van der Waals surface area contributed by atoms with Crippen LogP contribution in [0.4, 0.5) is 0 Å². The first-order valence-electron chi connectivity index (χ1n) is 8.91. The number of rotatable bonds is 5. The van der Waals surface area contributed by atoms with Gasteiger partial charge in [-0.05, 0) is 36.4 Å². The number of thiazole rings is 1. The fraction of sp³-hybridized carbons (Fsp3) is 0.0455. The third-order valence-corrected chi connectivity index (χ3v) is 5.42. The molecule has 0 aliphatic rings. The Labute approximate surface area is 165 Å². The van der Waals surface area contributed by atoms with Crippen molar-refractivity contribution in [3.8, 4) is 22.0 Å². The van der Waals surface area contributed by atoms with Crippen LogP contribution in [0.5, 0.6) is 5.75 Å². The highest BCUT2D eigenvalue weighted by Crippen LogP contribution is 2.35. The van der Waals surface area contributed by atoms with Crippen LogP contribution in [0, 0.1) is 0 Å². The molecule has 0 fully saturated rings. The maximum absolute atomic E-state index is 6.07. The Bertz CT molecular complexity index is 1200. The van der Waals surface area contributed by atoms with Crippen LogP contribution in [0.3, 0.4) is 0 Å². The monoisotopic (exact) mass is 384 g/mol. The number of aromatic nitrogens is 4. The highest BCUT2D eigenvalue weighted by Gasteiger charge is 2.12. The van der Waals surface area contributed by atoms with Crippen LogP contribution < -0.4 is 4.74 Å². The van der Waals surface area contributed by atoms with Crippen LogP contribution in [0.2, 0.25) is 0 Å². The fourth-order valence-corrected chi connectivity index (χ4v) is 3.98. The number of ether oxygens (including phenoxy) is 1. The number of nitrogens with zero attached hydrogens (tertiary/aromatic N) is 4. The summed E-state index contributed by atoms with van der Waals surface area (Å²) in [6.07, 6.45) is 1.88. The van der Waals surface area contributed by atoms with Crippen LogP contribution in [-0.4, -0.2) is 20.0 Å². The summed E-state index contributed by atoms with van der Waals surface area (Å²) >= 11 is 1.66. The van der Waals surface area contributed by atoms with Gasteiger partial charge in [0.1, 0.15) is 23.1 Å². The lowest BCUT2D eigenvalue weighted by molar-refractivity contribution is 0.302. The Morgan fingerprint density at radius 3 is 2.54 bits per heavy atom. The van der Waals surface area contributed by atoms with Crippen LogP contribution in [0.15, 0.2) is 85.1 Å². The number of hydrogen-bond acceptors (Lipinski definition) is 5. The molecule has 5 rings (SSSR count). The van der Waals surface area contributed by atoms with Gasteiger partial charge in [-0.25, -0.2) is 9.67 Å². The van der Waals surface area contributed by atoms with Gasteiger partial charge in [0.25, 0.3) is 0 Å². The molecule has 0 radical (unpaired) electrons. The molecule has 0 bridgehead atoms. The van der Waals surface area contributed by atoms with Crippen molar-refractivity contribution in [3.63, 3.8) is 0 Å². The van der Waals surface area contributed by atoms with E-state index in [2.05, 4.69) is 16.4 Å². The molecule has 2 heterocycles. The van der Waals surface area contributed by atoms with Gasteiger partial charge >= 0.3 is 0 Å². The minimum Gasteiger partial charge on any atom is -0.486 e. The van der Waals surface area contributed by atoms with Gasteiger partial charge in [0, 0.05) is 0 Å². The van der Waals surface area contributed by atoms with E-state index in [1.165, 1.54) is 0 Å². The Hall–Kier alpha value is -3.51. The van der Waals surface area contributed by atoms with Crippen molar-refractivity contribution < 1.29 is 4.74 Å². The lowest BCUT2D eigenvalue weighted by Gasteiger charge is -2.08. The molecule has 5 aromatic rings. The molecule has 0 saturated heterocycles. The van der Waals surface area contributed by atoms with Crippen molar-refractivity contribution in [2.75, 3.05) is 0 Å². The zero-order valence-electron chi connectivity index (χ0n) is 14.9. The molecule has 0 N–H and O–H groups in total. The summed E-state index contributed by atoms with van der Waals surface area (Å²) in [4.78, 5) is 4.75. The van der Waals surface area contributed by atoms with Crippen molar-refractivity contribution in [1.29, 1.82) is 0 Å². The first kappa shape index (κ1) is 16.6. The molecule has 0 spiro atoms. The molecule has 3 aromatic carbocycles. The number of benzene rings is 3. The predicted octanol–water partition coefficient (Wildman–Crippen LogP) is 5.12. The van der Waals surface area contributed by atoms with E-state index in [-0.39, 0.29) is 0 Å². The van der Waals surface area contributed by atoms with Crippen molar-refractivity contribution in [3.05, 3.63) is 90.8 Å². The summed E-state index contributed by atoms with van der Waals surface area (Å²) in [6.45, 7) is 0.342. The average molecular weight is 384 g/mol. The number of para-hydroxylation sites is 3. The van der Waals surface area contributed by atoms with E-state index in [4.69, 9.17) is 9.72 Å². The van der Waals surface area contributed by atoms with Gasteiger partial charge in [0.2, 0.25) is 0 Å². The van der Waals surface area contributed by atoms with Gasteiger partial charge in [-0.2, -0.15) is 0 Å². The lowest BCUT2D eigenvalue weighted by atomic mass is 10.2. The van der Waals surface area contributed by atoms with E-state index in [1.807, 2.05) is 79.0 Å². The molecular formula is C22H16N4OS. The van der Waals surface area contributed by atoms with E-state index < -0.39 is 0 Å². The summed E-state index contributed by atoms with van der Waals surface area (Å²) in [5, 5.41) is 9.35. The van der Waals surface area contributed by atoms with Crippen molar-refractivity contribution >= 4 is 21.6 Å². The second-order valence-corrected chi connectivity index (χ2v) is 7.29. The standard InChI is InChI=1S/C22H16N4OS/c1-2-8-17(9-3-1)26-14-16(24-25-26)15-27-20-12-6-4-10-18(20)22-23-19-11-5-7-13-21(19)28-22/h1-14H,15H2. The highest BCUT2D eigenvalue weighted by atomic mass is 32.1. The molecular weight excluding hydrogens is 368 g/mol. The van der Waals surface area contributed by atoms with Gasteiger partial charge < -0.3 is 4.74 Å². The van der Waals surface area contributed by atoms with E-state index >= 15 is 0 Å². The van der Waals surface area contributed by atoms with Gasteiger partial charge in [0.15, 0.2) is 0 Å². The van der Waals surface area contributed by atoms with Crippen molar-refractivity contribution in [2.24, 2.45) is 0 Å². The van der Waals surface area contributed by atoms with E-state index in [9.17, 15) is 0 Å². The average Bonchev–Trinajstić information content (AvgIpc) is 3.40. The normalized spacial score (nSPS) is 11.0. The summed E-state index contributed by atoms with van der Waals surface area (Å²) in [7, 11) is 0. The summed E-state index contributed by atoms with van der Waals surface area (Å²) in [6, 6.07) is 26.0. The number of fused-ring (bicyclic) bond motifs is 1. The van der Waals surface area contributed by atoms with Gasteiger partial charge in [-0.15, -0.1) is 16.4 Å². The van der Waals surface area contributed by atoms with Gasteiger partial charge in [-0.1, -0.05) is 47.7 Å². The van der Waals surface area contributed by atoms with Gasteiger partial charge in [-0.3, -0.25) is 0 Å². The summed E-state index contributed by atoms with van der Waals surface area (Å²) < 4.78 is 8.99. The van der Waals surface area contributed by atoms with Crippen LogP contribution in [-0.2, 0) is 6.61 Å². The molecule has 0 saturated carbocycles. The van der Waals surface area contributed by atoms with Crippen molar-refractivity contribution in [2.45, 2.75) is 6.61 Å². The Balaban J connectivity index is 1.39. The Morgan fingerprint density at radius 2 is 1.64 bits per heavy atom. The minimum atomic E-state index is 0.342. The first-order chi connectivity index (χ1) is 13.9. The molecule has 0 atom stereocenters. The Morgan fingerprint density at radius 1 is 0.857 bits per heavy atom. The molecule has 6 heteroatoms. The largest absolute Gasteiger partial charge is 0.486 e. The molecule has 0 aliphatic carbocycles. The summed E-state index contributed by atoms with van der Waals surface area (Å²) in [5.41, 5.74) is 3.72. The van der Waals surface area contributed by atoms with Gasteiger partial charge in [0.05, 0.1) is 27.7 Å². The molecule has 0 amide bonds. The van der Waals surface area contributed by atoms with Crippen LogP contribution in [0.25, 0.3) is 26.5 Å². The van der Waals surface area contributed by atoms with E-state index in [0.29, 0.717) is 6.61 Å². The first-order valence-corrected chi connectivity index (χ1v) is 9.73. The smallest absolute Gasteiger partial charge is 0.134 e. The summed E-state index contributed by atoms with van der Waals surface area (Å²) in [5.74, 6) is 0.788. The fourth-order valence-electron chi connectivity index (χ4n) is 2.98. The zero-order chi connectivity index (χ0) is 18.8. The quantitative estimate of drug-likeness (QED) is 0.422. The molecule has 0 aliphatic heterocycles. The third-order valence-electron chi connectivity index (χ3n) is 4.35. The maximum Gasteiger partial charge on any atom is 0.134 e. The molecule has 0 unspecified atom stereocenters. The third kappa shape index (κ3) is 3.25. The Kier molecular flexibility index (Phi) is 4.31. The number of hydrogen-bond donors (Lipinski definition) is 0. The second kappa shape index (κ2) is 7.25. The molecule has 5 nitrogen and oxygen atoms in total. The zero-order valence-corrected chi connectivity index (χ0v) is 15.7. The molecule has 2 aromatic heterocycles. The van der Waals surface area contributed by atoms with Crippen molar-refractivity contribution in [1.82, 2.24) is 20.0 Å². The predicted molar refractivity (Wildman–Crippen MR) is 111 cm³/mol. The van der Waals surface area contributed by atoms with Crippen LogP contribution in [0.1, 0.15) is 5.69 Å². The SMILES string of the molecule is c1ccc(-n2cc(COc3ccccc3-c3nc4ccccc4s3)nn2)cc1. The van der Waals surface area contributed by atoms with E-state index in [1.54, 1.807) is 16.0 Å². The minimum absolute atomic E-state index is 0.342. The highest BCUT2D eigenvalue weighted by molar-refractivity contribution is 7.21.